The minimum atomic E-state index is -1.08. The van der Waals surface area contributed by atoms with Crippen LogP contribution in [0.2, 0.25) is 0 Å². The van der Waals surface area contributed by atoms with Crippen molar-refractivity contribution in [2.45, 2.75) is 44.7 Å². The summed E-state index contributed by atoms with van der Waals surface area (Å²) in [5.74, 6) is -1.67. The Morgan fingerprint density at radius 2 is 1.84 bits per heavy atom. The van der Waals surface area contributed by atoms with Crippen LogP contribution in [0.3, 0.4) is 0 Å². The Hall–Kier alpha value is -1.79. The Morgan fingerprint density at radius 1 is 1.32 bits per heavy atom. The molecule has 1 rings (SSSR count). The third kappa shape index (κ3) is 3.84. The van der Waals surface area contributed by atoms with Gasteiger partial charge in [0.2, 0.25) is 5.91 Å². The van der Waals surface area contributed by atoms with Crippen molar-refractivity contribution < 1.29 is 19.5 Å². The number of nitrogens with two attached hydrogens (primary N) is 1. The second-order valence-corrected chi connectivity index (χ2v) is 4.94. The minimum Gasteiger partial charge on any atom is -0.480 e. The van der Waals surface area contributed by atoms with E-state index in [-0.39, 0.29) is 12.6 Å². The Kier molecular flexibility index (Phi) is 5.14. The van der Waals surface area contributed by atoms with Gasteiger partial charge < -0.3 is 20.6 Å². The molecule has 1 atom stereocenters. The van der Waals surface area contributed by atoms with Crippen molar-refractivity contribution >= 4 is 17.9 Å². The van der Waals surface area contributed by atoms with Gasteiger partial charge in [-0.25, -0.2) is 9.59 Å². The second kappa shape index (κ2) is 6.40. The summed E-state index contributed by atoms with van der Waals surface area (Å²) in [5, 5.41) is 8.93. The van der Waals surface area contributed by atoms with E-state index in [1.165, 1.54) is 18.9 Å². The number of carbonyl (C=O) groups is 3. The van der Waals surface area contributed by atoms with Gasteiger partial charge in [-0.15, -0.1) is 0 Å². The zero-order valence-corrected chi connectivity index (χ0v) is 11.3. The van der Waals surface area contributed by atoms with Crippen LogP contribution in [0.1, 0.15) is 32.6 Å². The molecule has 0 aromatic rings. The largest absolute Gasteiger partial charge is 0.480 e. The lowest BCUT2D eigenvalue weighted by molar-refractivity contribution is -0.141. The Labute approximate surface area is 112 Å². The summed E-state index contributed by atoms with van der Waals surface area (Å²) in [4.78, 5) is 36.8. The zero-order chi connectivity index (χ0) is 14.6. The zero-order valence-electron chi connectivity index (χ0n) is 11.3. The van der Waals surface area contributed by atoms with Gasteiger partial charge in [0.05, 0.1) is 0 Å². The summed E-state index contributed by atoms with van der Waals surface area (Å²) < 4.78 is 0. The molecular weight excluding hydrogens is 250 g/mol. The first-order chi connectivity index (χ1) is 8.84. The monoisotopic (exact) mass is 271 g/mol. The van der Waals surface area contributed by atoms with Crippen molar-refractivity contribution in [3.8, 4) is 0 Å². The van der Waals surface area contributed by atoms with E-state index in [1.807, 2.05) is 0 Å². The van der Waals surface area contributed by atoms with Crippen LogP contribution in [-0.4, -0.2) is 58.5 Å². The Bertz CT molecular complexity index is 366. The number of likely N-dealkylation sites (N-methyl/N-ethyl adjacent to an activating group) is 1. The lowest BCUT2D eigenvalue weighted by atomic mass is 10.2. The summed E-state index contributed by atoms with van der Waals surface area (Å²) in [6, 6.07) is -1.42. The van der Waals surface area contributed by atoms with E-state index in [1.54, 1.807) is 0 Å². The summed E-state index contributed by atoms with van der Waals surface area (Å²) >= 11 is 0. The van der Waals surface area contributed by atoms with Gasteiger partial charge in [-0.1, -0.05) is 12.8 Å². The molecule has 0 aromatic carbocycles. The molecule has 0 aliphatic heterocycles. The number of aliphatic carboxylic acids is 1. The molecule has 19 heavy (non-hydrogen) atoms. The average molecular weight is 271 g/mol. The summed E-state index contributed by atoms with van der Waals surface area (Å²) in [5.41, 5.74) is 5.17. The van der Waals surface area contributed by atoms with Gasteiger partial charge in [0, 0.05) is 13.1 Å². The van der Waals surface area contributed by atoms with E-state index >= 15 is 0 Å². The van der Waals surface area contributed by atoms with Crippen molar-refractivity contribution in [3.05, 3.63) is 0 Å². The highest BCUT2D eigenvalue weighted by molar-refractivity contribution is 5.86. The van der Waals surface area contributed by atoms with Gasteiger partial charge in [-0.2, -0.15) is 0 Å². The standard InChI is InChI=1S/C12H21N3O4/c1-8(11(17)18)14(2)12(19)15(7-10(13)16)9-5-3-4-6-9/h8-9H,3-7H2,1-2H3,(H2,13,16)(H,17,18). The van der Waals surface area contributed by atoms with Crippen molar-refractivity contribution in [2.75, 3.05) is 13.6 Å². The van der Waals surface area contributed by atoms with E-state index < -0.39 is 23.9 Å². The summed E-state index contributed by atoms with van der Waals surface area (Å²) in [6.07, 6.45) is 3.67. The first-order valence-corrected chi connectivity index (χ1v) is 6.39. The molecule has 1 aliphatic rings. The molecule has 0 spiro atoms. The second-order valence-electron chi connectivity index (χ2n) is 4.94. The molecule has 1 saturated carbocycles. The van der Waals surface area contributed by atoms with Crippen LogP contribution < -0.4 is 5.73 Å². The maximum absolute atomic E-state index is 12.3. The van der Waals surface area contributed by atoms with E-state index in [4.69, 9.17) is 10.8 Å². The normalized spacial score (nSPS) is 16.9. The van der Waals surface area contributed by atoms with Crippen LogP contribution in [0.5, 0.6) is 0 Å². The third-order valence-corrected chi connectivity index (χ3v) is 3.58. The van der Waals surface area contributed by atoms with Crippen LogP contribution in [-0.2, 0) is 9.59 Å². The fourth-order valence-corrected chi connectivity index (χ4v) is 2.27. The molecule has 7 heteroatoms. The molecule has 1 aliphatic carbocycles. The molecule has 1 unspecified atom stereocenters. The van der Waals surface area contributed by atoms with Gasteiger partial charge in [0.1, 0.15) is 12.6 Å². The molecule has 1 fully saturated rings. The first kappa shape index (κ1) is 15.3. The highest BCUT2D eigenvalue weighted by atomic mass is 16.4. The van der Waals surface area contributed by atoms with Crippen molar-refractivity contribution in [3.63, 3.8) is 0 Å². The lowest BCUT2D eigenvalue weighted by Crippen LogP contribution is -2.53. The van der Waals surface area contributed by atoms with Crippen molar-refractivity contribution in [1.82, 2.24) is 9.80 Å². The van der Waals surface area contributed by atoms with Gasteiger partial charge >= 0.3 is 12.0 Å². The van der Waals surface area contributed by atoms with Crippen LogP contribution in [0.4, 0.5) is 4.79 Å². The number of carbonyl (C=O) groups excluding carboxylic acids is 2. The van der Waals surface area contributed by atoms with Gasteiger partial charge in [-0.3, -0.25) is 4.79 Å². The number of hydrogen-bond donors (Lipinski definition) is 2. The number of nitrogens with zero attached hydrogens (tertiary/aromatic N) is 2. The van der Waals surface area contributed by atoms with Crippen LogP contribution in [0.15, 0.2) is 0 Å². The lowest BCUT2D eigenvalue weighted by Gasteiger charge is -2.33. The fourth-order valence-electron chi connectivity index (χ4n) is 2.27. The molecule has 0 radical (unpaired) electrons. The topological polar surface area (TPSA) is 104 Å². The van der Waals surface area contributed by atoms with Gasteiger partial charge in [0.15, 0.2) is 0 Å². The van der Waals surface area contributed by atoms with Crippen molar-refractivity contribution in [1.29, 1.82) is 0 Å². The van der Waals surface area contributed by atoms with Crippen molar-refractivity contribution in [2.24, 2.45) is 5.73 Å². The number of primary amides is 1. The molecule has 3 amide bonds. The van der Waals surface area contributed by atoms with Crippen LogP contribution >= 0.6 is 0 Å². The first-order valence-electron chi connectivity index (χ1n) is 6.39. The number of rotatable bonds is 5. The van der Waals surface area contributed by atoms with Gasteiger partial charge in [-0.05, 0) is 19.8 Å². The highest BCUT2D eigenvalue weighted by Crippen LogP contribution is 2.24. The SMILES string of the molecule is CC(C(=O)O)N(C)C(=O)N(CC(N)=O)C1CCCC1. The quantitative estimate of drug-likeness (QED) is 0.747. The molecule has 0 aromatic heterocycles. The molecule has 0 bridgehead atoms. The van der Waals surface area contributed by atoms with E-state index in [0.717, 1.165) is 30.6 Å². The van der Waals surface area contributed by atoms with E-state index in [2.05, 4.69) is 0 Å². The molecule has 108 valence electrons. The number of carboxylic acid groups (broad SMARTS) is 1. The molecule has 7 nitrogen and oxygen atoms in total. The maximum atomic E-state index is 12.3. The third-order valence-electron chi connectivity index (χ3n) is 3.58. The van der Waals surface area contributed by atoms with Crippen LogP contribution in [0, 0.1) is 0 Å². The number of urea groups is 1. The highest BCUT2D eigenvalue weighted by Gasteiger charge is 2.32. The number of carboxylic acids is 1. The summed E-state index contributed by atoms with van der Waals surface area (Å²) in [7, 11) is 1.42. The molecule has 3 N–H and O–H groups in total. The molecule has 0 saturated heterocycles. The molecular formula is C12H21N3O4. The Balaban J connectivity index is 2.81. The smallest absolute Gasteiger partial charge is 0.326 e. The Morgan fingerprint density at radius 3 is 2.26 bits per heavy atom. The fraction of sp³-hybridized carbons (Fsp3) is 0.750. The summed E-state index contributed by atoms with van der Waals surface area (Å²) in [6.45, 7) is 1.26. The maximum Gasteiger partial charge on any atom is 0.326 e. The van der Waals surface area contributed by atoms with E-state index in [9.17, 15) is 14.4 Å². The van der Waals surface area contributed by atoms with E-state index in [0.29, 0.717) is 0 Å². The molecule has 0 heterocycles. The minimum absolute atomic E-state index is 0.0246. The predicted molar refractivity (Wildman–Crippen MR) is 68.4 cm³/mol. The predicted octanol–water partition coefficient (Wildman–Crippen LogP) is 0.241. The van der Waals surface area contributed by atoms with Gasteiger partial charge in [0.25, 0.3) is 0 Å². The van der Waals surface area contributed by atoms with Crippen LogP contribution in [0.25, 0.3) is 0 Å². The number of amides is 3. The number of hydrogen-bond acceptors (Lipinski definition) is 3. The average Bonchev–Trinajstić information content (AvgIpc) is 2.86.